The summed E-state index contributed by atoms with van der Waals surface area (Å²) in [6, 6.07) is 0. The van der Waals surface area contributed by atoms with Crippen molar-refractivity contribution in [3.05, 3.63) is 24.7 Å². The molecule has 0 spiro atoms. The Hall–Kier alpha value is -2.39. The molecule has 3 rings (SSSR count). The average molecular weight is 265 g/mol. The predicted octanol–water partition coefficient (Wildman–Crippen LogP) is -0.942. The van der Waals surface area contributed by atoms with E-state index in [0.717, 1.165) is 0 Å². The summed E-state index contributed by atoms with van der Waals surface area (Å²) in [7, 11) is 0. The second-order valence-corrected chi connectivity index (χ2v) is 4.06. The number of anilines is 1. The summed E-state index contributed by atoms with van der Waals surface area (Å²) in [5.41, 5.74) is 6.39. The first kappa shape index (κ1) is 11.7. The van der Waals surface area contributed by atoms with Gasteiger partial charge in [-0.05, 0) is 0 Å². The van der Waals surface area contributed by atoms with E-state index in [4.69, 9.17) is 15.6 Å². The molecule has 0 amide bonds. The number of aliphatic hydroxyl groups excluding tert-OH is 3. The lowest BCUT2D eigenvalue weighted by atomic mass is 10.2. The molecule has 9 nitrogen and oxygen atoms in total. The van der Waals surface area contributed by atoms with Crippen LogP contribution in [0.3, 0.4) is 0 Å². The van der Waals surface area contributed by atoms with Crippen LogP contribution in [0.1, 0.15) is 6.23 Å². The van der Waals surface area contributed by atoms with Gasteiger partial charge in [0.2, 0.25) is 6.23 Å². The van der Waals surface area contributed by atoms with Crippen LogP contribution < -0.4 is 5.73 Å². The Labute approximate surface area is 106 Å². The Morgan fingerprint density at radius 1 is 1.32 bits per heavy atom. The topological polar surface area (TPSA) is 140 Å². The van der Waals surface area contributed by atoms with Crippen LogP contribution in [-0.4, -0.2) is 47.0 Å². The van der Waals surface area contributed by atoms with Gasteiger partial charge in [0.05, 0.1) is 0 Å². The van der Waals surface area contributed by atoms with Crippen molar-refractivity contribution >= 4 is 17.0 Å². The third-order valence-electron chi connectivity index (χ3n) is 2.95. The van der Waals surface area contributed by atoms with Crippen molar-refractivity contribution < 1.29 is 20.1 Å². The number of fused-ring (bicyclic) bond motifs is 1. The SMILES string of the molecule is Nc1ncnc2c1ncn2[C@@H]1OC(=CO)[C@@H](O)[C@H]1O. The van der Waals surface area contributed by atoms with Gasteiger partial charge in [-0.25, -0.2) is 15.0 Å². The van der Waals surface area contributed by atoms with E-state index in [-0.39, 0.29) is 11.6 Å². The molecule has 3 atom stereocenters. The molecule has 9 heteroatoms. The lowest BCUT2D eigenvalue weighted by Gasteiger charge is -2.15. The fourth-order valence-corrected chi connectivity index (χ4v) is 1.99. The van der Waals surface area contributed by atoms with Crippen molar-refractivity contribution in [2.75, 3.05) is 5.73 Å². The Balaban J connectivity index is 2.09. The zero-order chi connectivity index (χ0) is 13.6. The maximum atomic E-state index is 9.91. The van der Waals surface area contributed by atoms with Gasteiger partial charge in [-0.3, -0.25) is 4.57 Å². The molecule has 0 saturated carbocycles. The van der Waals surface area contributed by atoms with Gasteiger partial charge < -0.3 is 25.8 Å². The monoisotopic (exact) mass is 265 g/mol. The highest BCUT2D eigenvalue weighted by atomic mass is 16.6. The van der Waals surface area contributed by atoms with Crippen LogP contribution in [0.15, 0.2) is 24.7 Å². The molecule has 0 aliphatic carbocycles. The molecule has 1 aliphatic heterocycles. The number of ether oxygens (including phenoxy) is 1. The molecule has 0 unspecified atom stereocenters. The van der Waals surface area contributed by atoms with Crippen molar-refractivity contribution in [2.24, 2.45) is 0 Å². The number of hydrogen-bond acceptors (Lipinski definition) is 8. The molecule has 2 aromatic heterocycles. The van der Waals surface area contributed by atoms with Crippen LogP contribution in [0.2, 0.25) is 0 Å². The van der Waals surface area contributed by atoms with E-state index in [2.05, 4.69) is 15.0 Å². The summed E-state index contributed by atoms with van der Waals surface area (Å²) in [5, 5.41) is 28.5. The van der Waals surface area contributed by atoms with E-state index in [1.807, 2.05) is 0 Å². The maximum Gasteiger partial charge on any atom is 0.207 e. The number of nitrogen functional groups attached to an aromatic ring is 1. The number of nitrogens with two attached hydrogens (primary N) is 1. The van der Waals surface area contributed by atoms with Crippen LogP contribution >= 0.6 is 0 Å². The summed E-state index contributed by atoms with van der Waals surface area (Å²) in [4.78, 5) is 11.8. The number of nitrogens with zero attached hydrogens (tertiary/aromatic N) is 4. The molecule has 1 saturated heterocycles. The van der Waals surface area contributed by atoms with Gasteiger partial charge in [-0.1, -0.05) is 0 Å². The molecule has 19 heavy (non-hydrogen) atoms. The largest absolute Gasteiger partial charge is 0.512 e. The Kier molecular flexibility index (Phi) is 2.50. The molecule has 1 fully saturated rings. The highest BCUT2D eigenvalue weighted by Crippen LogP contribution is 2.33. The highest BCUT2D eigenvalue weighted by molar-refractivity contribution is 5.81. The quantitative estimate of drug-likeness (QED) is 0.484. The minimum absolute atomic E-state index is 0.124. The maximum absolute atomic E-state index is 9.91. The van der Waals surface area contributed by atoms with E-state index in [0.29, 0.717) is 17.4 Å². The summed E-state index contributed by atoms with van der Waals surface area (Å²) >= 11 is 0. The zero-order valence-electron chi connectivity index (χ0n) is 9.58. The summed E-state index contributed by atoms with van der Waals surface area (Å²) < 4.78 is 6.67. The molecule has 0 aromatic carbocycles. The van der Waals surface area contributed by atoms with E-state index < -0.39 is 18.4 Å². The van der Waals surface area contributed by atoms with Gasteiger partial charge in [-0.15, -0.1) is 0 Å². The third kappa shape index (κ3) is 1.59. The standard InChI is InChI=1S/C10H11N5O4/c11-8-5-9(13-2-12-8)15(3-14-5)10-7(18)6(17)4(1-16)19-10/h1-3,6-7,10,16-18H,(H2,11,12,13)/t6-,7-,10-/m1/s1. The van der Waals surface area contributed by atoms with Crippen molar-refractivity contribution in [3.63, 3.8) is 0 Å². The first-order valence-corrected chi connectivity index (χ1v) is 5.43. The smallest absolute Gasteiger partial charge is 0.207 e. The number of imidazole rings is 1. The van der Waals surface area contributed by atoms with E-state index >= 15 is 0 Å². The second kappa shape index (κ2) is 4.07. The van der Waals surface area contributed by atoms with Crippen LogP contribution in [0.4, 0.5) is 5.82 Å². The molecule has 5 N–H and O–H groups in total. The second-order valence-electron chi connectivity index (χ2n) is 4.06. The average Bonchev–Trinajstić information content (AvgIpc) is 2.94. The van der Waals surface area contributed by atoms with E-state index in [9.17, 15) is 10.2 Å². The number of aromatic nitrogens is 4. The van der Waals surface area contributed by atoms with Crippen LogP contribution in [0, 0.1) is 0 Å². The Morgan fingerprint density at radius 3 is 2.79 bits per heavy atom. The van der Waals surface area contributed by atoms with Gasteiger partial charge in [0.1, 0.15) is 36.6 Å². The lowest BCUT2D eigenvalue weighted by Crippen LogP contribution is -2.27. The fourth-order valence-electron chi connectivity index (χ4n) is 1.99. The van der Waals surface area contributed by atoms with Gasteiger partial charge in [0.15, 0.2) is 17.2 Å². The number of aliphatic hydroxyl groups is 3. The van der Waals surface area contributed by atoms with Crippen molar-refractivity contribution in [2.45, 2.75) is 18.4 Å². The van der Waals surface area contributed by atoms with Crippen molar-refractivity contribution in [1.82, 2.24) is 19.5 Å². The minimum Gasteiger partial charge on any atom is -0.512 e. The third-order valence-corrected chi connectivity index (χ3v) is 2.95. The number of rotatable bonds is 1. The van der Waals surface area contributed by atoms with E-state index in [1.165, 1.54) is 17.2 Å². The molecular formula is C10H11N5O4. The molecule has 100 valence electrons. The minimum atomic E-state index is -1.31. The molecule has 0 bridgehead atoms. The fraction of sp³-hybridized carbons (Fsp3) is 0.300. The van der Waals surface area contributed by atoms with Crippen molar-refractivity contribution in [3.8, 4) is 0 Å². The molecular weight excluding hydrogens is 254 g/mol. The van der Waals surface area contributed by atoms with Crippen LogP contribution in [0.25, 0.3) is 11.2 Å². The number of hydrogen-bond donors (Lipinski definition) is 4. The van der Waals surface area contributed by atoms with E-state index in [1.54, 1.807) is 0 Å². The van der Waals surface area contributed by atoms with Gasteiger partial charge in [-0.2, -0.15) is 0 Å². The lowest BCUT2D eigenvalue weighted by molar-refractivity contribution is -0.0121. The molecule has 3 heterocycles. The molecule has 2 aromatic rings. The first-order chi connectivity index (χ1) is 9.13. The summed E-state index contributed by atoms with van der Waals surface area (Å²) in [6.07, 6.45) is -0.282. The van der Waals surface area contributed by atoms with Crippen molar-refractivity contribution in [1.29, 1.82) is 0 Å². The van der Waals surface area contributed by atoms with Crippen LogP contribution in [-0.2, 0) is 4.74 Å². The zero-order valence-corrected chi connectivity index (χ0v) is 9.58. The highest BCUT2D eigenvalue weighted by Gasteiger charge is 2.41. The summed E-state index contributed by atoms with van der Waals surface area (Å²) in [5.74, 6) is 0.0797. The van der Waals surface area contributed by atoms with Gasteiger partial charge in [0, 0.05) is 0 Å². The molecule has 1 aliphatic rings. The Bertz CT molecular complexity index is 654. The van der Waals surface area contributed by atoms with Gasteiger partial charge >= 0.3 is 0 Å². The van der Waals surface area contributed by atoms with Gasteiger partial charge in [0.25, 0.3) is 0 Å². The molecule has 0 radical (unpaired) electrons. The predicted molar refractivity (Wildman–Crippen MR) is 62.6 cm³/mol. The normalized spacial score (nSPS) is 28.9. The first-order valence-electron chi connectivity index (χ1n) is 5.43. The summed E-state index contributed by atoms with van der Waals surface area (Å²) in [6.45, 7) is 0. The Morgan fingerprint density at radius 2 is 2.11 bits per heavy atom. The van der Waals surface area contributed by atoms with Crippen LogP contribution in [0.5, 0.6) is 0 Å².